The molecule has 132 valence electrons. The van der Waals surface area contributed by atoms with E-state index < -0.39 is 10.0 Å². The first-order chi connectivity index (χ1) is 11.0. The van der Waals surface area contributed by atoms with Crippen molar-refractivity contribution in [3.8, 4) is 0 Å². The van der Waals surface area contributed by atoms with Gasteiger partial charge in [0.05, 0.1) is 6.26 Å². The maximum Gasteiger partial charge on any atom is 0.211 e. The van der Waals surface area contributed by atoms with Crippen LogP contribution in [0.4, 0.5) is 0 Å². The fourth-order valence-electron chi connectivity index (χ4n) is 4.57. The quantitative estimate of drug-likeness (QED) is 0.616. The minimum Gasteiger partial charge on any atom is -0.355 e. The van der Waals surface area contributed by atoms with Crippen molar-refractivity contribution in [1.29, 1.82) is 0 Å². The summed E-state index contributed by atoms with van der Waals surface area (Å²) < 4.78 is 25.3. The van der Waals surface area contributed by atoms with Crippen molar-refractivity contribution in [3.63, 3.8) is 0 Å². The van der Waals surface area contributed by atoms with Crippen LogP contribution in [0.2, 0.25) is 0 Å². The number of guanidine groups is 1. The van der Waals surface area contributed by atoms with Crippen molar-refractivity contribution >= 4 is 16.0 Å². The van der Waals surface area contributed by atoms with Gasteiger partial charge in [0, 0.05) is 39.3 Å². The Morgan fingerprint density at radius 1 is 1.13 bits per heavy atom. The standard InChI is InChI=1S/C16H30N4O2S/c1-17-16(19-11-13-6-3-4-7-14(13)12-19)18-10-15-8-5-9-20(15)23(2,21)22/h13-15H,3-12H2,1-2H3,(H,17,18)/t13?,14?,15-/m1/s1. The third kappa shape index (κ3) is 3.82. The zero-order valence-corrected chi connectivity index (χ0v) is 15.2. The summed E-state index contributed by atoms with van der Waals surface area (Å²) in [5, 5.41) is 3.43. The molecule has 0 spiro atoms. The number of sulfonamides is 1. The first-order valence-electron chi connectivity index (χ1n) is 8.91. The fourth-order valence-corrected chi connectivity index (χ4v) is 5.75. The first kappa shape index (κ1) is 17.0. The number of rotatable bonds is 3. The predicted octanol–water partition coefficient (Wildman–Crippen LogP) is 1.11. The highest BCUT2D eigenvalue weighted by Gasteiger charge is 2.36. The van der Waals surface area contributed by atoms with Crippen molar-refractivity contribution < 1.29 is 8.42 Å². The summed E-state index contributed by atoms with van der Waals surface area (Å²) in [5.74, 6) is 2.59. The van der Waals surface area contributed by atoms with Gasteiger partial charge in [-0.3, -0.25) is 4.99 Å². The number of aliphatic imine (C=N–C) groups is 1. The maximum absolute atomic E-state index is 11.8. The first-order valence-corrected chi connectivity index (χ1v) is 10.8. The predicted molar refractivity (Wildman–Crippen MR) is 93.0 cm³/mol. The van der Waals surface area contributed by atoms with Crippen LogP contribution in [-0.2, 0) is 10.0 Å². The topological polar surface area (TPSA) is 65.0 Å². The summed E-state index contributed by atoms with van der Waals surface area (Å²) in [5.41, 5.74) is 0. The van der Waals surface area contributed by atoms with E-state index in [9.17, 15) is 8.42 Å². The molecule has 0 aromatic heterocycles. The number of hydrogen-bond acceptors (Lipinski definition) is 3. The van der Waals surface area contributed by atoms with Crippen molar-refractivity contribution in [2.24, 2.45) is 16.8 Å². The summed E-state index contributed by atoms with van der Waals surface area (Å²) in [6.07, 6.45) is 8.63. The highest BCUT2D eigenvalue weighted by Crippen LogP contribution is 2.35. The molecule has 3 fully saturated rings. The molecule has 2 saturated heterocycles. The van der Waals surface area contributed by atoms with Gasteiger partial charge in [0.2, 0.25) is 10.0 Å². The molecule has 0 bridgehead atoms. The lowest BCUT2D eigenvalue weighted by molar-refractivity contribution is 0.299. The highest BCUT2D eigenvalue weighted by molar-refractivity contribution is 7.88. The summed E-state index contributed by atoms with van der Waals surface area (Å²) >= 11 is 0. The second-order valence-electron chi connectivity index (χ2n) is 7.31. The Morgan fingerprint density at radius 2 is 1.78 bits per heavy atom. The maximum atomic E-state index is 11.8. The average Bonchev–Trinajstić information content (AvgIpc) is 3.13. The molecule has 0 aromatic carbocycles. The second kappa shape index (κ2) is 6.97. The summed E-state index contributed by atoms with van der Waals surface area (Å²) in [6.45, 7) is 3.51. The van der Waals surface area contributed by atoms with Crippen LogP contribution in [0, 0.1) is 11.8 Å². The Hall–Kier alpha value is -0.820. The van der Waals surface area contributed by atoms with Crippen molar-refractivity contribution in [2.75, 3.05) is 39.5 Å². The molecule has 7 heteroatoms. The van der Waals surface area contributed by atoms with Gasteiger partial charge in [-0.2, -0.15) is 4.31 Å². The molecule has 1 saturated carbocycles. The van der Waals surface area contributed by atoms with Crippen molar-refractivity contribution in [2.45, 2.75) is 44.6 Å². The van der Waals surface area contributed by atoms with Crippen molar-refractivity contribution in [1.82, 2.24) is 14.5 Å². The molecule has 2 aliphatic heterocycles. The summed E-state index contributed by atoms with van der Waals surface area (Å²) in [7, 11) is -1.28. The van der Waals surface area contributed by atoms with E-state index in [1.807, 2.05) is 7.05 Å². The van der Waals surface area contributed by atoms with E-state index in [1.165, 1.54) is 31.9 Å². The summed E-state index contributed by atoms with van der Waals surface area (Å²) in [4.78, 5) is 6.82. The van der Waals surface area contributed by atoms with E-state index >= 15 is 0 Å². The van der Waals surface area contributed by atoms with Gasteiger partial charge in [-0.1, -0.05) is 12.8 Å². The van der Waals surface area contributed by atoms with Gasteiger partial charge in [-0.15, -0.1) is 0 Å². The van der Waals surface area contributed by atoms with Crippen LogP contribution < -0.4 is 5.32 Å². The normalized spacial score (nSPS) is 33.0. The minimum atomic E-state index is -3.10. The van der Waals surface area contributed by atoms with E-state index in [-0.39, 0.29) is 6.04 Å². The van der Waals surface area contributed by atoms with E-state index in [2.05, 4.69) is 15.2 Å². The monoisotopic (exact) mass is 342 g/mol. The number of nitrogens with one attached hydrogen (secondary N) is 1. The van der Waals surface area contributed by atoms with Crippen LogP contribution in [-0.4, -0.2) is 69.1 Å². The molecule has 3 rings (SSSR count). The molecule has 0 aromatic rings. The molecule has 1 N–H and O–H groups in total. The molecule has 0 amide bonds. The Kier molecular flexibility index (Phi) is 5.16. The molecule has 1 aliphatic carbocycles. The third-order valence-corrected chi connectivity index (χ3v) is 7.07. The lowest BCUT2D eigenvalue weighted by Crippen LogP contribution is -2.47. The molecule has 6 nitrogen and oxygen atoms in total. The zero-order valence-electron chi connectivity index (χ0n) is 14.4. The minimum absolute atomic E-state index is 0.0617. The Bertz CT molecular complexity index is 534. The molecule has 2 heterocycles. The number of hydrogen-bond donors (Lipinski definition) is 1. The highest BCUT2D eigenvalue weighted by atomic mass is 32.2. The van der Waals surface area contributed by atoms with Gasteiger partial charge in [0.1, 0.15) is 0 Å². The van der Waals surface area contributed by atoms with Gasteiger partial charge < -0.3 is 10.2 Å². The molecule has 3 aliphatic rings. The van der Waals surface area contributed by atoms with Crippen molar-refractivity contribution in [3.05, 3.63) is 0 Å². The molecule has 2 unspecified atom stereocenters. The van der Waals surface area contributed by atoms with E-state index in [4.69, 9.17) is 0 Å². The number of nitrogens with zero attached hydrogens (tertiary/aromatic N) is 3. The smallest absolute Gasteiger partial charge is 0.211 e. The van der Waals surface area contributed by atoms with Crippen LogP contribution in [0.5, 0.6) is 0 Å². The molecule has 0 radical (unpaired) electrons. The van der Waals surface area contributed by atoms with Crippen LogP contribution in [0.3, 0.4) is 0 Å². The largest absolute Gasteiger partial charge is 0.355 e. The Labute approximate surface area is 140 Å². The van der Waals surface area contributed by atoms with Crippen LogP contribution in [0.15, 0.2) is 4.99 Å². The fraction of sp³-hybridized carbons (Fsp3) is 0.938. The van der Waals surface area contributed by atoms with E-state index in [0.29, 0.717) is 13.1 Å². The molecule has 3 atom stereocenters. The number of fused-ring (bicyclic) bond motifs is 1. The molecular formula is C16H30N4O2S. The molecule has 23 heavy (non-hydrogen) atoms. The molecular weight excluding hydrogens is 312 g/mol. The zero-order chi connectivity index (χ0) is 16.4. The van der Waals surface area contributed by atoms with E-state index in [0.717, 1.165) is 43.7 Å². The van der Waals surface area contributed by atoms with Gasteiger partial charge in [-0.05, 0) is 37.5 Å². The van der Waals surface area contributed by atoms with Gasteiger partial charge in [0.25, 0.3) is 0 Å². The van der Waals surface area contributed by atoms with E-state index in [1.54, 1.807) is 4.31 Å². The Balaban J connectivity index is 1.56. The third-order valence-electron chi connectivity index (χ3n) is 5.73. The van der Waals surface area contributed by atoms with Crippen LogP contribution >= 0.6 is 0 Å². The Morgan fingerprint density at radius 3 is 2.35 bits per heavy atom. The van der Waals surface area contributed by atoms with Crippen LogP contribution in [0.25, 0.3) is 0 Å². The lowest BCUT2D eigenvalue weighted by atomic mass is 9.82. The lowest BCUT2D eigenvalue weighted by Gasteiger charge is -2.26. The van der Waals surface area contributed by atoms with Gasteiger partial charge in [0.15, 0.2) is 5.96 Å². The second-order valence-corrected chi connectivity index (χ2v) is 9.24. The number of likely N-dealkylation sites (tertiary alicyclic amines) is 1. The summed E-state index contributed by atoms with van der Waals surface area (Å²) in [6, 6.07) is 0.0617. The van der Waals surface area contributed by atoms with Gasteiger partial charge in [-0.25, -0.2) is 8.42 Å². The van der Waals surface area contributed by atoms with Gasteiger partial charge >= 0.3 is 0 Å². The SMILES string of the molecule is CN=C(NC[C@H]1CCCN1S(C)(=O)=O)N1CC2CCCCC2C1. The average molecular weight is 343 g/mol. The van der Waals surface area contributed by atoms with Crippen LogP contribution in [0.1, 0.15) is 38.5 Å².